The van der Waals surface area contributed by atoms with Crippen LogP contribution in [0.15, 0.2) is 0 Å². The molecule has 0 aromatic carbocycles. The highest BCUT2D eigenvalue weighted by molar-refractivity contribution is 4.77. The van der Waals surface area contributed by atoms with Crippen LogP contribution < -0.4 is 5.73 Å². The van der Waals surface area contributed by atoms with E-state index in [1.54, 1.807) is 0 Å². The smallest absolute Gasteiger partial charge is 0.0698 e. The van der Waals surface area contributed by atoms with Gasteiger partial charge in [0, 0.05) is 19.7 Å². The Balaban J connectivity index is 2.27. The summed E-state index contributed by atoms with van der Waals surface area (Å²) < 4.78 is 5.41. The Morgan fingerprint density at radius 2 is 2.36 bits per heavy atom. The van der Waals surface area contributed by atoms with E-state index in [1.807, 2.05) is 7.11 Å². The van der Waals surface area contributed by atoms with Gasteiger partial charge < -0.3 is 10.5 Å². The van der Waals surface area contributed by atoms with E-state index in [0.29, 0.717) is 12.1 Å². The highest BCUT2D eigenvalue weighted by Gasteiger charge is 2.22. The summed E-state index contributed by atoms with van der Waals surface area (Å²) in [6.07, 6.45) is 5.29. The number of likely N-dealkylation sites (tertiary alicyclic amines) is 1. The number of hydrogen-bond donors (Lipinski definition) is 1. The van der Waals surface area contributed by atoms with Gasteiger partial charge in [-0.15, -0.1) is 0 Å². The molecule has 0 radical (unpaired) electrons. The largest absolute Gasteiger partial charge is 0.380 e. The lowest BCUT2D eigenvalue weighted by Crippen LogP contribution is -2.44. The number of nitrogens with two attached hydrogens (primary N) is 1. The van der Waals surface area contributed by atoms with Gasteiger partial charge in [-0.25, -0.2) is 0 Å². The van der Waals surface area contributed by atoms with Gasteiger partial charge in [0.15, 0.2) is 0 Å². The van der Waals surface area contributed by atoms with Crippen LogP contribution in [0.3, 0.4) is 0 Å². The van der Waals surface area contributed by atoms with Gasteiger partial charge in [0.2, 0.25) is 0 Å². The van der Waals surface area contributed by atoms with Crippen LogP contribution in [0.1, 0.15) is 32.6 Å². The summed E-state index contributed by atoms with van der Waals surface area (Å²) in [5, 5.41) is 0. The number of nitrogens with zero attached hydrogens (tertiary/aromatic N) is 1. The van der Waals surface area contributed by atoms with Crippen molar-refractivity contribution < 1.29 is 4.74 Å². The third-order valence-electron chi connectivity index (χ3n) is 3.19. The number of rotatable bonds is 5. The predicted molar refractivity (Wildman–Crippen MR) is 59.4 cm³/mol. The second-order valence-electron chi connectivity index (χ2n) is 4.27. The summed E-state index contributed by atoms with van der Waals surface area (Å²) in [7, 11) is 1.82. The number of ether oxygens (including phenoxy) is 1. The van der Waals surface area contributed by atoms with Gasteiger partial charge in [0.25, 0.3) is 0 Å². The fraction of sp³-hybridized carbons (Fsp3) is 1.00. The van der Waals surface area contributed by atoms with Crippen LogP contribution in [0.2, 0.25) is 0 Å². The molecular formula is C11H24N2O. The lowest BCUT2D eigenvalue weighted by molar-refractivity contribution is 0.0159. The van der Waals surface area contributed by atoms with Gasteiger partial charge >= 0.3 is 0 Å². The van der Waals surface area contributed by atoms with E-state index in [0.717, 1.165) is 19.5 Å². The summed E-state index contributed by atoms with van der Waals surface area (Å²) in [4.78, 5) is 2.54. The standard InChI is InChI=1S/C11H24N2O/c1-10(5-3-7-12)13-8-4-6-11(9-13)14-2/h10-11H,3-9,12H2,1-2H3. The van der Waals surface area contributed by atoms with Crippen LogP contribution >= 0.6 is 0 Å². The first-order chi connectivity index (χ1) is 6.77. The van der Waals surface area contributed by atoms with Crippen molar-refractivity contribution in [3.05, 3.63) is 0 Å². The molecule has 1 heterocycles. The monoisotopic (exact) mass is 200 g/mol. The Kier molecular flexibility index (Phi) is 5.45. The molecule has 0 saturated carbocycles. The summed E-state index contributed by atoms with van der Waals surface area (Å²) in [5.41, 5.74) is 5.52. The highest BCUT2D eigenvalue weighted by Crippen LogP contribution is 2.16. The minimum Gasteiger partial charge on any atom is -0.380 e. The lowest BCUT2D eigenvalue weighted by Gasteiger charge is -2.36. The van der Waals surface area contributed by atoms with Crippen molar-refractivity contribution in [1.82, 2.24) is 4.90 Å². The molecule has 1 saturated heterocycles. The molecule has 0 amide bonds. The SMILES string of the molecule is COC1CCCN(C(C)CCCN)C1. The van der Waals surface area contributed by atoms with E-state index < -0.39 is 0 Å². The summed E-state index contributed by atoms with van der Waals surface area (Å²) >= 11 is 0. The molecule has 0 aromatic rings. The lowest BCUT2D eigenvalue weighted by atomic mass is 10.0. The molecule has 0 aromatic heterocycles. The van der Waals surface area contributed by atoms with Crippen molar-refractivity contribution in [2.45, 2.75) is 44.8 Å². The van der Waals surface area contributed by atoms with Crippen LogP contribution in [-0.4, -0.2) is 43.8 Å². The minimum absolute atomic E-state index is 0.448. The zero-order valence-corrected chi connectivity index (χ0v) is 9.54. The summed E-state index contributed by atoms with van der Waals surface area (Å²) in [6, 6.07) is 0.663. The van der Waals surface area contributed by atoms with Gasteiger partial charge in [-0.05, 0) is 45.7 Å². The third kappa shape index (κ3) is 3.56. The first-order valence-electron chi connectivity index (χ1n) is 5.74. The molecule has 3 nitrogen and oxygen atoms in total. The van der Waals surface area contributed by atoms with Gasteiger partial charge in [0.1, 0.15) is 0 Å². The second-order valence-corrected chi connectivity index (χ2v) is 4.27. The van der Waals surface area contributed by atoms with Crippen LogP contribution in [-0.2, 0) is 4.74 Å². The van der Waals surface area contributed by atoms with Gasteiger partial charge in [-0.2, -0.15) is 0 Å². The van der Waals surface area contributed by atoms with E-state index in [-0.39, 0.29) is 0 Å². The molecule has 0 spiro atoms. The maximum atomic E-state index is 5.52. The molecular weight excluding hydrogens is 176 g/mol. The van der Waals surface area contributed by atoms with Crippen LogP contribution in [0.5, 0.6) is 0 Å². The summed E-state index contributed by atoms with van der Waals surface area (Å²) in [6.45, 7) is 5.44. The average Bonchev–Trinajstić information content (AvgIpc) is 2.26. The Hall–Kier alpha value is -0.120. The Morgan fingerprint density at radius 3 is 3.00 bits per heavy atom. The molecule has 1 aliphatic heterocycles. The molecule has 14 heavy (non-hydrogen) atoms. The molecule has 3 heteroatoms. The fourth-order valence-corrected chi connectivity index (χ4v) is 2.15. The second kappa shape index (κ2) is 6.38. The van der Waals surface area contributed by atoms with Crippen molar-refractivity contribution in [2.24, 2.45) is 5.73 Å². The van der Waals surface area contributed by atoms with Crippen molar-refractivity contribution >= 4 is 0 Å². The fourth-order valence-electron chi connectivity index (χ4n) is 2.15. The maximum absolute atomic E-state index is 5.52. The predicted octanol–water partition coefficient (Wildman–Crippen LogP) is 1.22. The molecule has 1 aliphatic rings. The zero-order chi connectivity index (χ0) is 10.4. The van der Waals surface area contributed by atoms with Crippen molar-refractivity contribution in [3.63, 3.8) is 0 Å². The van der Waals surface area contributed by atoms with E-state index in [1.165, 1.54) is 25.8 Å². The molecule has 1 fully saturated rings. The Bertz CT molecular complexity index is 152. The van der Waals surface area contributed by atoms with Gasteiger partial charge in [-0.3, -0.25) is 4.90 Å². The molecule has 0 bridgehead atoms. The molecule has 84 valence electrons. The van der Waals surface area contributed by atoms with Crippen LogP contribution in [0.25, 0.3) is 0 Å². The van der Waals surface area contributed by atoms with Gasteiger partial charge in [-0.1, -0.05) is 0 Å². The van der Waals surface area contributed by atoms with E-state index >= 15 is 0 Å². The van der Waals surface area contributed by atoms with E-state index in [2.05, 4.69) is 11.8 Å². The molecule has 2 unspecified atom stereocenters. The topological polar surface area (TPSA) is 38.5 Å². The first kappa shape index (κ1) is 12.0. The average molecular weight is 200 g/mol. The maximum Gasteiger partial charge on any atom is 0.0698 e. The normalized spacial score (nSPS) is 26.4. The van der Waals surface area contributed by atoms with Crippen LogP contribution in [0.4, 0.5) is 0 Å². The molecule has 2 atom stereocenters. The van der Waals surface area contributed by atoms with Crippen LogP contribution in [0, 0.1) is 0 Å². The highest BCUT2D eigenvalue weighted by atomic mass is 16.5. The number of methoxy groups -OCH3 is 1. The first-order valence-corrected chi connectivity index (χ1v) is 5.74. The van der Waals surface area contributed by atoms with Crippen molar-refractivity contribution in [2.75, 3.05) is 26.7 Å². The Morgan fingerprint density at radius 1 is 1.57 bits per heavy atom. The van der Waals surface area contributed by atoms with Gasteiger partial charge in [0.05, 0.1) is 6.10 Å². The number of piperidine rings is 1. The molecule has 1 rings (SSSR count). The van der Waals surface area contributed by atoms with Crippen molar-refractivity contribution in [1.29, 1.82) is 0 Å². The number of hydrogen-bond acceptors (Lipinski definition) is 3. The third-order valence-corrected chi connectivity index (χ3v) is 3.19. The quantitative estimate of drug-likeness (QED) is 0.725. The summed E-state index contributed by atoms with van der Waals surface area (Å²) in [5.74, 6) is 0. The van der Waals surface area contributed by atoms with Crippen molar-refractivity contribution in [3.8, 4) is 0 Å². The molecule has 0 aliphatic carbocycles. The molecule has 2 N–H and O–H groups in total. The minimum atomic E-state index is 0.448. The van der Waals surface area contributed by atoms with E-state index in [4.69, 9.17) is 10.5 Å². The van der Waals surface area contributed by atoms with E-state index in [9.17, 15) is 0 Å². The zero-order valence-electron chi connectivity index (χ0n) is 9.54. The Labute approximate surface area is 87.6 Å².